The van der Waals surface area contributed by atoms with E-state index in [1.54, 1.807) is 26.2 Å². The molecule has 1 unspecified atom stereocenters. The molecule has 0 amide bonds. The molecule has 0 fully saturated rings. The third-order valence-electron chi connectivity index (χ3n) is 2.89. The summed E-state index contributed by atoms with van der Waals surface area (Å²) in [7, 11) is -1.77. The van der Waals surface area contributed by atoms with Gasteiger partial charge < -0.3 is 10.1 Å². The quantitative estimate of drug-likeness (QED) is 0.684. The molecule has 0 heterocycles. The maximum Gasteiger partial charge on any atom is 0.236 e. The Morgan fingerprint density at radius 2 is 2.10 bits per heavy atom. The van der Waals surface area contributed by atoms with Crippen molar-refractivity contribution >= 4 is 15.7 Å². The van der Waals surface area contributed by atoms with Gasteiger partial charge in [0.05, 0.1) is 11.9 Å². The van der Waals surface area contributed by atoms with Gasteiger partial charge in [-0.25, -0.2) is 8.42 Å². The number of hydrogen-bond acceptors (Lipinski definition) is 4. The summed E-state index contributed by atoms with van der Waals surface area (Å²) < 4.78 is 32.0. The molecule has 1 aromatic rings. The van der Waals surface area contributed by atoms with Gasteiger partial charge in [-0.2, -0.15) is 0 Å². The fourth-order valence-electron chi connectivity index (χ4n) is 1.75. The van der Waals surface area contributed by atoms with Gasteiger partial charge in [0.2, 0.25) is 10.0 Å². The van der Waals surface area contributed by atoms with Crippen molar-refractivity contribution in [3.05, 3.63) is 29.8 Å². The number of nitrogens with one attached hydrogen (secondary N) is 2. The summed E-state index contributed by atoms with van der Waals surface area (Å²) >= 11 is 0. The molecule has 0 aromatic heterocycles. The fraction of sp³-hybridized carbons (Fsp3) is 0.571. The van der Waals surface area contributed by atoms with Gasteiger partial charge in [-0.3, -0.25) is 4.72 Å². The van der Waals surface area contributed by atoms with Crippen LogP contribution in [0.25, 0.3) is 0 Å². The van der Waals surface area contributed by atoms with Crippen molar-refractivity contribution in [2.75, 3.05) is 24.9 Å². The van der Waals surface area contributed by atoms with Gasteiger partial charge in [0.25, 0.3) is 0 Å². The Hall–Kier alpha value is -1.11. The molecule has 0 saturated heterocycles. The van der Waals surface area contributed by atoms with Crippen LogP contribution in [0.2, 0.25) is 0 Å². The first kappa shape index (κ1) is 16.9. The van der Waals surface area contributed by atoms with Crippen molar-refractivity contribution in [1.29, 1.82) is 0 Å². The molecule has 0 saturated carbocycles. The smallest absolute Gasteiger partial charge is 0.236 e. The molecule has 6 heteroatoms. The molecule has 0 spiro atoms. The van der Waals surface area contributed by atoms with Crippen LogP contribution in [-0.4, -0.2) is 33.9 Å². The predicted molar refractivity (Wildman–Crippen MR) is 82.3 cm³/mol. The second-order valence-electron chi connectivity index (χ2n) is 4.80. The van der Waals surface area contributed by atoms with Crippen LogP contribution in [0.5, 0.6) is 0 Å². The van der Waals surface area contributed by atoms with Gasteiger partial charge in [-0.15, -0.1) is 0 Å². The van der Waals surface area contributed by atoms with E-state index in [2.05, 4.69) is 10.0 Å². The van der Waals surface area contributed by atoms with Crippen LogP contribution in [-0.2, 0) is 21.4 Å². The SMILES string of the molecule is CCCNCC(C)S(=O)(=O)Nc1cccc(COC)c1. The molecule has 0 aliphatic heterocycles. The zero-order valence-electron chi connectivity index (χ0n) is 12.3. The highest BCUT2D eigenvalue weighted by atomic mass is 32.2. The summed E-state index contributed by atoms with van der Waals surface area (Å²) in [6.45, 7) is 5.48. The van der Waals surface area contributed by atoms with Crippen LogP contribution < -0.4 is 10.0 Å². The van der Waals surface area contributed by atoms with E-state index in [-0.39, 0.29) is 0 Å². The Morgan fingerprint density at radius 3 is 2.75 bits per heavy atom. The largest absolute Gasteiger partial charge is 0.380 e. The van der Waals surface area contributed by atoms with Crippen LogP contribution in [0.15, 0.2) is 24.3 Å². The molecule has 114 valence electrons. The van der Waals surface area contributed by atoms with Gasteiger partial charge in [0.1, 0.15) is 0 Å². The summed E-state index contributed by atoms with van der Waals surface area (Å²) in [5.74, 6) is 0. The van der Waals surface area contributed by atoms with Crippen LogP contribution in [0.1, 0.15) is 25.8 Å². The molecule has 5 nitrogen and oxygen atoms in total. The van der Waals surface area contributed by atoms with Crippen LogP contribution >= 0.6 is 0 Å². The number of ether oxygens (including phenoxy) is 1. The molecule has 2 N–H and O–H groups in total. The highest BCUT2D eigenvalue weighted by Gasteiger charge is 2.20. The average Bonchev–Trinajstić information content (AvgIpc) is 2.39. The normalized spacial score (nSPS) is 13.2. The average molecular weight is 300 g/mol. The van der Waals surface area contributed by atoms with Gasteiger partial charge >= 0.3 is 0 Å². The Morgan fingerprint density at radius 1 is 1.35 bits per heavy atom. The minimum Gasteiger partial charge on any atom is -0.380 e. The topological polar surface area (TPSA) is 67.4 Å². The van der Waals surface area contributed by atoms with Crippen molar-refractivity contribution in [2.24, 2.45) is 0 Å². The van der Waals surface area contributed by atoms with Crippen molar-refractivity contribution in [1.82, 2.24) is 5.32 Å². The standard InChI is InChI=1S/C14H24N2O3S/c1-4-8-15-10-12(2)20(17,18)16-14-7-5-6-13(9-14)11-19-3/h5-7,9,12,15-16H,4,8,10-11H2,1-3H3. The molecular weight excluding hydrogens is 276 g/mol. The summed E-state index contributed by atoms with van der Waals surface area (Å²) in [5, 5.41) is 2.63. The lowest BCUT2D eigenvalue weighted by Gasteiger charge is -2.15. The first-order valence-electron chi connectivity index (χ1n) is 6.79. The third-order valence-corrected chi connectivity index (χ3v) is 4.63. The van der Waals surface area contributed by atoms with E-state index >= 15 is 0 Å². The number of sulfonamides is 1. The Labute approximate surface area is 121 Å². The molecule has 0 bridgehead atoms. The maximum atomic E-state index is 12.2. The molecule has 0 aliphatic rings. The molecule has 1 rings (SSSR count). The summed E-state index contributed by atoms with van der Waals surface area (Å²) in [6.07, 6.45) is 0.985. The van der Waals surface area contributed by atoms with Gasteiger partial charge in [-0.1, -0.05) is 19.1 Å². The van der Waals surface area contributed by atoms with Crippen LogP contribution in [0, 0.1) is 0 Å². The number of anilines is 1. The number of benzene rings is 1. The highest BCUT2D eigenvalue weighted by Crippen LogP contribution is 2.14. The van der Waals surface area contributed by atoms with Gasteiger partial charge in [0.15, 0.2) is 0 Å². The van der Waals surface area contributed by atoms with Crippen LogP contribution in [0.4, 0.5) is 5.69 Å². The van der Waals surface area contributed by atoms with E-state index in [1.165, 1.54) is 0 Å². The first-order valence-corrected chi connectivity index (χ1v) is 8.34. The van der Waals surface area contributed by atoms with Crippen molar-refractivity contribution in [3.8, 4) is 0 Å². The van der Waals surface area contributed by atoms with Gasteiger partial charge in [-0.05, 0) is 37.6 Å². The minimum atomic E-state index is -3.38. The van der Waals surface area contributed by atoms with Crippen molar-refractivity contribution < 1.29 is 13.2 Å². The zero-order valence-corrected chi connectivity index (χ0v) is 13.2. The van der Waals surface area contributed by atoms with E-state index < -0.39 is 15.3 Å². The van der Waals surface area contributed by atoms with Crippen molar-refractivity contribution in [3.63, 3.8) is 0 Å². The monoisotopic (exact) mass is 300 g/mol. The Balaban J connectivity index is 2.67. The molecule has 1 atom stereocenters. The lowest BCUT2D eigenvalue weighted by Crippen LogP contribution is -2.35. The van der Waals surface area contributed by atoms with E-state index in [0.29, 0.717) is 18.8 Å². The summed E-state index contributed by atoms with van der Waals surface area (Å²) in [6, 6.07) is 7.23. The molecule has 20 heavy (non-hydrogen) atoms. The maximum absolute atomic E-state index is 12.2. The molecule has 0 aliphatic carbocycles. The Bertz CT molecular complexity index is 503. The second-order valence-corrected chi connectivity index (χ2v) is 6.89. The van der Waals surface area contributed by atoms with Crippen molar-refractivity contribution in [2.45, 2.75) is 32.1 Å². The minimum absolute atomic E-state index is 0.445. The van der Waals surface area contributed by atoms with E-state index in [0.717, 1.165) is 18.5 Å². The third kappa shape index (κ3) is 5.48. The second kappa shape index (κ2) is 8.24. The first-order chi connectivity index (χ1) is 9.49. The van der Waals surface area contributed by atoms with Crippen LogP contribution in [0.3, 0.4) is 0 Å². The lowest BCUT2D eigenvalue weighted by molar-refractivity contribution is 0.185. The number of rotatable bonds is 9. The lowest BCUT2D eigenvalue weighted by atomic mass is 10.2. The molecule has 1 aromatic carbocycles. The molecule has 0 radical (unpaired) electrons. The predicted octanol–water partition coefficient (Wildman–Crippen LogP) is 1.96. The van der Waals surface area contributed by atoms with E-state index in [4.69, 9.17) is 4.74 Å². The summed E-state index contributed by atoms with van der Waals surface area (Å²) in [5.41, 5.74) is 1.51. The fourth-order valence-corrected chi connectivity index (χ4v) is 2.74. The van der Waals surface area contributed by atoms with E-state index in [9.17, 15) is 8.42 Å². The summed E-state index contributed by atoms with van der Waals surface area (Å²) in [4.78, 5) is 0. The highest BCUT2D eigenvalue weighted by molar-refractivity contribution is 7.93. The van der Waals surface area contributed by atoms with Gasteiger partial charge in [0, 0.05) is 19.3 Å². The van der Waals surface area contributed by atoms with E-state index in [1.807, 2.05) is 19.1 Å². The number of hydrogen-bond donors (Lipinski definition) is 2. The zero-order chi connectivity index (χ0) is 15.0. The molecular formula is C14H24N2O3S. The number of methoxy groups -OCH3 is 1. The Kier molecular flexibility index (Phi) is 6.98.